The fourth-order valence-corrected chi connectivity index (χ4v) is 2.26. The highest BCUT2D eigenvalue weighted by atomic mass is 28.3. The van der Waals surface area contributed by atoms with Crippen molar-refractivity contribution in [3.63, 3.8) is 0 Å². The van der Waals surface area contributed by atoms with Crippen LogP contribution in [0.15, 0.2) is 36.7 Å². The number of carbonyl (C=O) groups excluding carboxylic acids is 1. The third kappa shape index (κ3) is 3.69. The molecule has 1 heterocycles. The van der Waals surface area contributed by atoms with E-state index in [1.807, 2.05) is 34.9 Å². The van der Waals surface area contributed by atoms with Crippen LogP contribution in [0.4, 0.5) is 0 Å². The molecule has 2 rings (SSSR count). The van der Waals surface area contributed by atoms with Crippen molar-refractivity contribution in [1.29, 1.82) is 0 Å². The van der Waals surface area contributed by atoms with Gasteiger partial charge in [0.25, 0.3) is 0 Å². The van der Waals surface area contributed by atoms with Gasteiger partial charge >= 0.3 is 0 Å². The first-order valence-corrected chi connectivity index (χ1v) is 10.1. The quantitative estimate of drug-likeness (QED) is 0.493. The number of imidazole rings is 1. The summed E-state index contributed by atoms with van der Waals surface area (Å²) >= 11 is 0. The van der Waals surface area contributed by atoms with Crippen molar-refractivity contribution in [2.45, 2.75) is 26.2 Å². The summed E-state index contributed by atoms with van der Waals surface area (Å²) in [6, 6.07) is 10.0. The van der Waals surface area contributed by atoms with Crippen molar-refractivity contribution in [2.75, 3.05) is 0 Å². The number of carbonyl (C=O) groups is 1. The van der Waals surface area contributed by atoms with E-state index in [9.17, 15) is 4.79 Å². The highest BCUT2D eigenvalue weighted by molar-refractivity contribution is 6.83. The molecule has 0 saturated carbocycles. The molecule has 0 amide bonds. The van der Waals surface area contributed by atoms with E-state index >= 15 is 0 Å². The van der Waals surface area contributed by atoms with Crippen LogP contribution in [-0.4, -0.2) is 23.9 Å². The molecule has 102 valence electrons. The number of hydrogen-bond donors (Lipinski definition) is 0. The molecular weight excluding hydrogens is 264 g/mol. The fourth-order valence-electron chi connectivity index (χ4n) is 1.76. The third-order valence-electron chi connectivity index (χ3n) is 2.74. The van der Waals surface area contributed by atoms with Crippen LogP contribution in [0.25, 0.3) is 0 Å². The maximum absolute atomic E-state index is 11.3. The largest absolute Gasteiger partial charge is 0.323 e. The van der Waals surface area contributed by atoms with E-state index < -0.39 is 8.07 Å². The van der Waals surface area contributed by atoms with Crippen molar-refractivity contribution in [3.05, 3.63) is 53.6 Å². The number of hydrogen-bond acceptors (Lipinski definition) is 2. The van der Waals surface area contributed by atoms with Crippen LogP contribution in [0, 0.1) is 11.5 Å². The van der Waals surface area contributed by atoms with Gasteiger partial charge in [-0.2, -0.15) is 0 Å². The lowest BCUT2D eigenvalue weighted by Gasteiger charge is -2.05. The molecule has 0 aliphatic carbocycles. The first-order chi connectivity index (χ1) is 9.49. The summed E-state index contributed by atoms with van der Waals surface area (Å²) in [6.07, 6.45) is 2.52. The van der Waals surface area contributed by atoms with Crippen molar-refractivity contribution < 1.29 is 4.79 Å². The van der Waals surface area contributed by atoms with Gasteiger partial charge in [0, 0.05) is 6.54 Å². The molecule has 0 bridgehead atoms. The molecule has 1 aromatic heterocycles. The summed E-state index contributed by atoms with van der Waals surface area (Å²) in [4.78, 5) is 15.6. The van der Waals surface area contributed by atoms with Crippen LogP contribution < -0.4 is 0 Å². The van der Waals surface area contributed by atoms with Gasteiger partial charge in [0.1, 0.15) is 19.5 Å². The third-order valence-corrected chi connectivity index (χ3v) is 3.62. The van der Waals surface area contributed by atoms with Crippen molar-refractivity contribution in [3.8, 4) is 11.5 Å². The van der Waals surface area contributed by atoms with Gasteiger partial charge in [-0.05, 0) is 5.56 Å². The average molecular weight is 282 g/mol. The molecule has 0 aliphatic rings. The summed E-state index contributed by atoms with van der Waals surface area (Å²) in [7, 11) is -1.47. The lowest BCUT2D eigenvalue weighted by molar-refractivity contribution is 0.111. The molecular formula is C16H18N2OSi. The van der Waals surface area contributed by atoms with Gasteiger partial charge in [0.2, 0.25) is 0 Å². The Kier molecular flexibility index (Phi) is 4.21. The zero-order chi connectivity index (χ0) is 14.6. The summed E-state index contributed by atoms with van der Waals surface area (Å²) < 4.78 is 1.84. The zero-order valence-corrected chi connectivity index (χ0v) is 13.1. The van der Waals surface area contributed by atoms with E-state index in [0.717, 1.165) is 11.8 Å². The number of aldehydes is 1. The molecule has 1 aromatic carbocycles. The standard InChI is InChI=1S/C16H18N2OSi/c1-20(2,3)10-9-15-16(12-19)18(13-17-15)11-14-7-5-4-6-8-14/h4-8,12-13H,11H2,1-3H3. The van der Waals surface area contributed by atoms with E-state index in [1.54, 1.807) is 6.33 Å². The van der Waals surface area contributed by atoms with Crippen molar-refractivity contribution in [2.24, 2.45) is 0 Å². The van der Waals surface area contributed by atoms with Gasteiger partial charge < -0.3 is 4.57 Å². The van der Waals surface area contributed by atoms with Gasteiger partial charge in [0.05, 0.1) is 6.33 Å². The van der Waals surface area contributed by atoms with Crippen LogP contribution in [0.1, 0.15) is 21.7 Å². The van der Waals surface area contributed by atoms with Crippen LogP contribution >= 0.6 is 0 Å². The number of aromatic nitrogens is 2. The first kappa shape index (κ1) is 14.3. The molecule has 0 unspecified atom stereocenters. The summed E-state index contributed by atoms with van der Waals surface area (Å²) in [5, 5.41) is 0. The van der Waals surface area contributed by atoms with Gasteiger partial charge in [-0.3, -0.25) is 4.79 Å². The topological polar surface area (TPSA) is 34.9 Å². The monoisotopic (exact) mass is 282 g/mol. The number of rotatable bonds is 3. The Balaban J connectivity index is 2.30. The Hall–Kier alpha value is -2.12. The molecule has 0 spiro atoms. The number of benzene rings is 1. The second-order valence-corrected chi connectivity index (χ2v) is 10.5. The van der Waals surface area contributed by atoms with Crippen LogP contribution in [0.5, 0.6) is 0 Å². The maximum Gasteiger partial charge on any atom is 0.169 e. The average Bonchev–Trinajstić information content (AvgIpc) is 2.79. The molecule has 2 aromatic rings. The summed E-state index contributed by atoms with van der Waals surface area (Å²) in [5.41, 5.74) is 5.52. The van der Waals surface area contributed by atoms with Crippen LogP contribution in [0.2, 0.25) is 19.6 Å². The molecule has 0 radical (unpaired) electrons. The second kappa shape index (κ2) is 5.89. The molecule has 0 N–H and O–H groups in total. The Morgan fingerprint density at radius 1 is 1.25 bits per heavy atom. The van der Waals surface area contributed by atoms with Gasteiger partial charge in [-0.25, -0.2) is 4.98 Å². The van der Waals surface area contributed by atoms with E-state index in [0.29, 0.717) is 17.9 Å². The first-order valence-electron chi connectivity index (χ1n) is 6.57. The smallest absolute Gasteiger partial charge is 0.169 e. The van der Waals surface area contributed by atoms with Crippen LogP contribution in [0.3, 0.4) is 0 Å². The lowest BCUT2D eigenvalue weighted by atomic mass is 10.2. The molecule has 0 atom stereocenters. The molecule has 0 aliphatic heterocycles. The van der Waals surface area contributed by atoms with Gasteiger partial charge in [-0.15, -0.1) is 5.54 Å². The summed E-state index contributed by atoms with van der Waals surface area (Å²) in [5.74, 6) is 3.06. The fraction of sp³-hybridized carbons (Fsp3) is 0.250. The Morgan fingerprint density at radius 2 is 1.95 bits per heavy atom. The molecule has 0 fully saturated rings. The van der Waals surface area contributed by atoms with Gasteiger partial charge in [0.15, 0.2) is 6.29 Å². The van der Waals surface area contributed by atoms with Gasteiger partial charge in [-0.1, -0.05) is 55.9 Å². The molecule has 0 saturated heterocycles. The zero-order valence-electron chi connectivity index (χ0n) is 12.1. The lowest BCUT2D eigenvalue weighted by Crippen LogP contribution is -2.16. The summed E-state index contributed by atoms with van der Waals surface area (Å²) in [6.45, 7) is 7.14. The molecule has 3 nitrogen and oxygen atoms in total. The van der Waals surface area contributed by atoms with E-state index in [4.69, 9.17) is 0 Å². The minimum atomic E-state index is -1.47. The number of nitrogens with zero attached hydrogens (tertiary/aromatic N) is 2. The van der Waals surface area contributed by atoms with Crippen molar-refractivity contribution >= 4 is 14.4 Å². The predicted molar refractivity (Wildman–Crippen MR) is 83.4 cm³/mol. The second-order valence-electron chi connectivity index (χ2n) is 5.71. The predicted octanol–water partition coefficient (Wildman–Crippen LogP) is 2.97. The SMILES string of the molecule is C[Si](C)(C)C#Cc1ncn(Cc2ccccc2)c1C=O. The van der Waals surface area contributed by atoms with Crippen molar-refractivity contribution in [1.82, 2.24) is 9.55 Å². The highest BCUT2D eigenvalue weighted by Crippen LogP contribution is 2.09. The normalized spacial score (nSPS) is 10.8. The minimum absolute atomic E-state index is 0.555. The maximum atomic E-state index is 11.3. The minimum Gasteiger partial charge on any atom is -0.323 e. The Morgan fingerprint density at radius 3 is 2.55 bits per heavy atom. The van der Waals surface area contributed by atoms with E-state index in [1.165, 1.54) is 0 Å². The van der Waals surface area contributed by atoms with E-state index in [2.05, 4.69) is 36.1 Å². The highest BCUT2D eigenvalue weighted by Gasteiger charge is 2.11. The van der Waals surface area contributed by atoms with E-state index in [-0.39, 0.29) is 0 Å². The Bertz CT molecular complexity index is 657. The molecule has 4 heteroatoms. The Labute approximate surface area is 120 Å². The molecule has 20 heavy (non-hydrogen) atoms. The van der Waals surface area contributed by atoms with Crippen LogP contribution in [-0.2, 0) is 6.54 Å².